The minimum Gasteiger partial charge on any atom is -0.480 e. The van der Waals surface area contributed by atoms with Crippen LogP contribution in [0.15, 0.2) is 66.9 Å². The van der Waals surface area contributed by atoms with Gasteiger partial charge in [-0.2, -0.15) is 11.8 Å². The number of aromatic nitrogens is 2. The molecule has 2 atom stereocenters. The quantitative estimate of drug-likeness (QED) is 0.0504. The Labute approximate surface area is 405 Å². The third-order valence-electron chi connectivity index (χ3n) is 10.5. The Balaban J connectivity index is 1.14. The van der Waals surface area contributed by atoms with Gasteiger partial charge in [0.2, 0.25) is 17.7 Å². The van der Waals surface area contributed by atoms with Crippen LogP contribution in [-0.2, 0) is 54.3 Å². The molecule has 378 valence electrons. The summed E-state index contributed by atoms with van der Waals surface area (Å²) in [4.78, 5) is 81.4. The lowest BCUT2D eigenvalue weighted by Crippen LogP contribution is -2.44. The molecule has 1 aliphatic rings. The molecule has 4 rings (SSSR count). The van der Waals surface area contributed by atoms with Crippen LogP contribution in [0.1, 0.15) is 63.9 Å². The van der Waals surface area contributed by atoms with E-state index in [0.717, 1.165) is 28.7 Å². The molecule has 0 aliphatic carbocycles. The number of ether oxygens (including phenoxy) is 4. The minimum atomic E-state index is -1.21. The van der Waals surface area contributed by atoms with E-state index in [1.807, 2.05) is 55.7 Å². The number of hydrogen-bond donors (Lipinski definition) is 4. The number of halogens is 2. The van der Waals surface area contributed by atoms with Gasteiger partial charge in [0.25, 0.3) is 11.8 Å². The van der Waals surface area contributed by atoms with Gasteiger partial charge in [0.15, 0.2) is 0 Å². The number of carboxylic acids is 1. The first kappa shape index (κ1) is 56.0. The first-order valence-corrected chi connectivity index (χ1v) is 24.0. The fourth-order valence-electron chi connectivity index (χ4n) is 7.14. The Hall–Kier alpha value is -5.58. The van der Waals surface area contributed by atoms with Crippen LogP contribution in [0.3, 0.4) is 0 Å². The highest BCUT2D eigenvalue weighted by molar-refractivity contribution is 7.99. The Morgan fingerprint density at radius 2 is 1.51 bits per heavy atom. The number of thioether (sulfide) groups is 1. The lowest BCUT2D eigenvalue weighted by Gasteiger charge is -2.40. The number of carbonyl (C=O) groups excluding carboxylic acids is 5. The number of benzene rings is 2. The summed E-state index contributed by atoms with van der Waals surface area (Å²) in [5.41, 5.74) is 6.49. The zero-order valence-corrected chi connectivity index (χ0v) is 40.3. The van der Waals surface area contributed by atoms with Crippen LogP contribution < -0.4 is 16.4 Å². The molecule has 3 aromatic rings. The van der Waals surface area contributed by atoms with Crippen molar-refractivity contribution in [2.45, 2.75) is 65.1 Å². The Kier molecular flexibility index (Phi) is 23.9. The second kappa shape index (κ2) is 29.4. The molecule has 1 aliphatic heterocycles. The predicted octanol–water partition coefficient (Wildman–Crippen LogP) is 3.72. The molecule has 69 heavy (non-hydrogen) atoms. The average Bonchev–Trinajstić information content (AvgIpc) is 3.86. The maximum absolute atomic E-state index is 15.1. The normalized spacial score (nSPS) is 13.4. The van der Waals surface area contributed by atoms with Gasteiger partial charge in [0.05, 0.1) is 70.3 Å². The van der Waals surface area contributed by atoms with E-state index in [2.05, 4.69) is 10.6 Å². The number of carboxylic acid groups (broad SMARTS) is 1. The highest BCUT2D eigenvalue weighted by Crippen LogP contribution is 2.40. The fraction of sp³-hybridized carbons (Fsp3) is 0.521. The lowest BCUT2D eigenvalue weighted by atomic mass is 9.84. The van der Waals surface area contributed by atoms with Crippen molar-refractivity contribution in [3.8, 4) is 11.3 Å². The van der Waals surface area contributed by atoms with E-state index < -0.39 is 52.8 Å². The molecule has 0 saturated carbocycles. The van der Waals surface area contributed by atoms with Gasteiger partial charge in [-0.25, -0.2) is 18.6 Å². The van der Waals surface area contributed by atoms with Crippen LogP contribution in [0.4, 0.5) is 8.78 Å². The second-order valence-electron chi connectivity index (χ2n) is 17.0. The zero-order valence-electron chi connectivity index (χ0n) is 39.5. The molecule has 0 bridgehead atoms. The van der Waals surface area contributed by atoms with Crippen molar-refractivity contribution in [2.24, 2.45) is 11.1 Å². The molecule has 1 aromatic heterocycles. The Bertz CT molecular complexity index is 2160. The van der Waals surface area contributed by atoms with Gasteiger partial charge in [-0.15, -0.1) is 0 Å². The molecular weight excluding hydrogens is 921 g/mol. The maximum atomic E-state index is 15.1. The van der Waals surface area contributed by atoms with Crippen molar-refractivity contribution in [1.29, 1.82) is 0 Å². The van der Waals surface area contributed by atoms with E-state index >= 15 is 4.39 Å². The summed E-state index contributed by atoms with van der Waals surface area (Å²) in [6.45, 7) is 9.13. The maximum Gasteiger partial charge on any atom is 0.326 e. The molecule has 0 unspecified atom stereocenters. The summed E-state index contributed by atoms with van der Waals surface area (Å²) < 4.78 is 53.1. The highest BCUT2D eigenvalue weighted by Gasteiger charge is 2.38. The van der Waals surface area contributed by atoms with Crippen molar-refractivity contribution in [3.05, 3.63) is 89.9 Å². The van der Waals surface area contributed by atoms with Gasteiger partial charge in [-0.1, -0.05) is 51.1 Å². The van der Waals surface area contributed by atoms with Crippen molar-refractivity contribution in [3.63, 3.8) is 0 Å². The molecule has 5 amide bonds. The smallest absolute Gasteiger partial charge is 0.326 e. The summed E-state index contributed by atoms with van der Waals surface area (Å²) in [5, 5.41) is 15.0. The second-order valence-corrected chi connectivity index (χ2v) is 18.1. The highest BCUT2D eigenvalue weighted by atomic mass is 32.2. The summed E-state index contributed by atoms with van der Waals surface area (Å²) in [6, 6.07) is 11.0. The monoisotopic (exact) mass is 985 g/mol. The fourth-order valence-corrected chi connectivity index (χ4v) is 8.03. The number of imide groups is 1. The first-order valence-electron chi connectivity index (χ1n) is 22.9. The predicted molar refractivity (Wildman–Crippen MR) is 254 cm³/mol. The number of aliphatic carboxylic acids is 1. The van der Waals surface area contributed by atoms with Crippen molar-refractivity contribution in [2.75, 3.05) is 90.5 Å². The van der Waals surface area contributed by atoms with Crippen LogP contribution in [0.5, 0.6) is 0 Å². The molecule has 18 nitrogen and oxygen atoms in total. The van der Waals surface area contributed by atoms with Crippen LogP contribution >= 0.6 is 11.8 Å². The lowest BCUT2D eigenvalue weighted by molar-refractivity contribution is -0.142. The molecule has 2 heterocycles. The van der Waals surface area contributed by atoms with E-state index in [4.69, 9.17) is 29.7 Å². The van der Waals surface area contributed by atoms with Gasteiger partial charge in [0, 0.05) is 62.9 Å². The number of nitrogens with two attached hydrogens (primary N) is 1. The average molecular weight is 986 g/mol. The summed E-state index contributed by atoms with van der Waals surface area (Å²) in [5.74, 6) is -3.63. The molecule has 0 fully saturated rings. The largest absolute Gasteiger partial charge is 0.480 e. The summed E-state index contributed by atoms with van der Waals surface area (Å²) in [6.07, 6.45) is 4.48. The van der Waals surface area contributed by atoms with Crippen molar-refractivity contribution < 1.29 is 61.6 Å². The number of amides is 5. The number of carbonyl (C=O) groups is 6. The van der Waals surface area contributed by atoms with Gasteiger partial charge in [-0.05, 0) is 54.3 Å². The number of nitrogens with zero attached hydrogens (tertiary/aromatic N) is 4. The standard InChI is InChI=1S/C48H65F2N7O11S/c1-48(2,3)45(46-54-39(36-30-35(49)10-11-37(36)50)32-55(46)31-34-8-5-4-6-9-34)57(19-7-17-51)44(62)33-69-29-16-38(47(63)64)53-41(59)15-21-65-23-25-67-27-28-68-26-24-66-22-18-52-40(58)14-20-56-42(60)12-13-43(56)61/h4-6,8-13,30,32,38,45H,7,14-29,31,33,51H2,1-3H3,(H,52,58)(H,53,59)(H,63,64)/t38-,45-/m0/s1. The third kappa shape index (κ3) is 19.4. The number of nitrogens with one attached hydrogen (secondary N) is 2. The number of rotatable bonds is 33. The molecule has 0 saturated heterocycles. The summed E-state index contributed by atoms with van der Waals surface area (Å²) >= 11 is 1.24. The number of imidazole rings is 1. The van der Waals surface area contributed by atoms with E-state index in [1.165, 1.54) is 23.9 Å². The van der Waals surface area contributed by atoms with Gasteiger partial charge in [-0.3, -0.25) is 28.9 Å². The van der Waals surface area contributed by atoms with Gasteiger partial charge < -0.3 is 49.9 Å². The van der Waals surface area contributed by atoms with Crippen LogP contribution in [-0.4, -0.2) is 157 Å². The van der Waals surface area contributed by atoms with E-state index in [0.29, 0.717) is 51.8 Å². The molecule has 0 radical (unpaired) electrons. The SMILES string of the molecule is CC(C)(C)[C@H](c1nc(-c2cc(F)ccc2F)cn1Cc1ccccc1)N(CCCN)C(=O)CSCC[C@H](NC(=O)CCOCCOCCOCCOCCNC(=O)CCN1C(=O)C=CC1=O)C(=O)O. The van der Waals surface area contributed by atoms with E-state index in [1.54, 1.807) is 11.1 Å². The van der Waals surface area contributed by atoms with Crippen molar-refractivity contribution in [1.82, 2.24) is 30.0 Å². The zero-order chi connectivity index (χ0) is 50.2. The molecule has 21 heteroatoms. The molecule has 0 spiro atoms. The first-order chi connectivity index (χ1) is 33.1. The Morgan fingerprint density at radius 1 is 0.870 bits per heavy atom. The van der Waals surface area contributed by atoms with Gasteiger partial charge in [0.1, 0.15) is 23.5 Å². The number of hydrogen-bond acceptors (Lipinski definition) is 13. The van der Waals surface area contributed by atoms with Gasteiger partial charge >= 0.3 is 5.97 Å². The van der Waals surface area contributed by atoms with Crippen LogP contribution in [0.25, 0.3) is 11.3 Å². The summed E-state index contributed by atoms with van der Waals surface area (Å²) in [7, 11) is 0. The topological polar surface area (TPSA) is 234 Å². The Morgan fingerprint density at radius 3 is 2.13 bits per heavy atom. The van der Waals surface area contributed by atoms with E-state index in [-0.39, 0.29) is 99.9 Å². The van der Waals surface area contributed by atoms with E-state index in [9.17, 15) is 38.3 Å². The molecule has 2 aromatic carbocycles. The van der Waals surface area contributed by atoms with Crippen molar-refractivity contribution >= 4 is 47.3 Å². The third-order valence-corrected chi connectivity index (χ3v) is 11.5. The van der Waals surface area contributed by atoms with Crippen LogP contribution in [0, 0.1) is 17.0 Å². The van der Waals surface area contributed by atoms with Crippen LogP contribution in [0.2, 0.25) is 0 Å². The minimum absolute atomic E-state index is 0.00198. The molecule has 5 N–H and O–H groups in total. The molecular formula is C48H65F2N7O11S.